The molecule has 0 bridgehead atoms. The van der Waals surface area contributed by atoms with E-state index in [0.717, 1.165) is 5.69 Å². The topological polar surface area (TPSA) is 56.1 Å². The van der Waals surface area contributed by atoms with E-state index >= 15 is 0 Å². The highest BCUT2D eigenvalue weighted by Gasteiger charge is 2.16. The maximum atomic E-state index is 11.9. The second-order valence-electron chi connectivity index (χ2n) is 4.10. The van der Waals surface area contributed by atoms with Gasteiger partial charge in [-0.25, -0.2) is 0 Å². The van der Waals surface area contributed by atoms with Crippen LogP contribution in [0.15, 0.2) is 24.3 Å². The summed E-state index contributed by atoms with van der Waals surface area (Å²) in [6.45, 7) is 5.17. The first-order valence-corrected chi connectivity index (χ1v) is 6.68. The van der Waals surface area contributed by atoms with Crippen LogP contribution >= 0.6 is 11.6 Å². The maximum absolute atomic E-state index is 11.9. The smallest absolute Gasteiger partial charge is 0.225 e. The van der Waals surface area contributed by atoms with Gasteiger partial charge < -0.3 is 10.2 Å². The lowest BCUT2D eigenvalue weighted by Crippen LogP contribution is -2.34. The second kappa shape index (κ2) is 7.65. The molecule has 1 N–H and O–H groups in total. The van der Waals surface area contributed by atoms with Crippen molar-refractivity contribution in [3.8, 4) is 6.07 Å². The number of nitrogens with one attached hydrogen (secondary N) is 1. The number of carbonyl (C=O) groups excluding carboxylic acids is 1. The number of nitrogens with zero attached hydrogens (tertiary/aromatic N) is 2. The number of hydrogen-bond donors (Lipinski definition) is 1. The van der Waals surface area contributed by atoms with Crippen LogP contribution in [0.3, 0.4) is 0 Å². The van der Waals surface area contributed by atoms with Gasteiger partial charge in [-0.2, -0.15) is 5.26 Å². The van der Waals surface area contributed by atoms with Gasteiger partial charge >= 0.3 is 0 Å². The number of nitriles is 1. The van der Waals surface area contributed by atoms with Gasteiger partial charge in [0.1, 0.15) is 6.04 Å². The van der Waals surface area contributed by atoms with Crippen molar-refractivity contribution in [3.05, 3.63) is 29.3 Å². The van der Waals surface area contributed by atoms with E-state index in [2.05, 4.69) is 11.4 Å². The van der Waals surface area contributed by atoms with E-state index in [4.69, 9.17) is 16.9 Å². The molecule has 0 aliphatic carbocycles. The van der Waals surface area contributed by atoms with Crippen molar-refractivity contribution in [2.24, 2.45) is 0 Å². The Morgan fingerprint density at radius 2 is 1.95 bits per heavy atom. The largest absolute Gasteiger partial charge is 0.369 e. The Morgan fingerprint density at radius 3 is 2.42 bits per heavy atom. The number of rotatable bonds is 6. The van der Waals surface area contributed by atoms with Gasteiger partial charge in [0.2, 0.25) is 5.91 Å². The average Bonchev–Trinajstić information content (AvgIpc) is 2.41. The summed E-state index contributed by atoms with van der Waals surface area (Å²) < 4.78 is 0. The van der Waals surface area contributed by atoms with Crippen molar-refractivity contribution in [1.82, 2.24) is 4.90 Å². The minimum atomic E-state index is -0.533. The Labute approximate surface area is 119 Å². The van der Waals surface area contributed by atoms with E-state index in [1.165, 1.54) is 0 Å². The summed E-state index contributed by atoms with van der Waals surface area (Å²) in [6, 6.07) is 8.63. The van der Waals surface area contributed by atoms with E-state index < -0.39 is 6.04 Å². The summed E-state index contributed by atoms with van der Waals surface area (Å²) in [7, 11) is 0. The zero-order valence-electron chi connectivity index (χ0n) is 11.2. The van der Waals surface area contributed by atoms with Crippen molar-refractivity contribution >= 4 is 23.2 Å². The average molecular weight is 280 g/mol. The fraction of sp³-hybridized carbons (Fsp3) is 0.429. The van der Waals surface area contributed by atoms with Crippen molar-refractivity contribution in [2.75, 3.05) is 18.4 Å². The highest BCUT2D eigenvalue weighted by molar-refractivity contribution is 6.30. The number of halogens is 1. The lowest BCUT2D eigenvalue weighted by atomic mass is 10.2. The molecule has 0 aliphatic heterocycles. The summed E-state index contributed by atoms with van der Waals surface area (Å²) >= 11 is 5.79. The van der Waals surface area contributed by atoms with E-state index in [-0.39, 0.29) is 12.3 Å². The van der Waals surface area contributed by atoms with Gasteiger partial charge in [-0.3, -0.25) is 4.79 Å². The third-order valence-corrected chi connectivity index (χ3v) is 3.09. The molecule has 0 saturated heterocycles. The molecular formula is C14H18ClN3O. The fourth-order valence-electron chi connectivity index (χ4n) is 1.76. The molecule has 1 atom stereocenters. The maximum Gasteiger partial charge on any atom is 0.225 e. The zero-order chi connectivity index (χ0) is 14.3. The van der Waals surface area contributed by atoms with Crippen LogP contribution in [-0.4, -0.2) is 29.9 Å². The van der Waals surface area contributed by atoms with Crippen molar-refractivity contribution in [3.63, 3.8) is 0 Å². The lowest BCUT2D eigenvalue weighted by Gasteiger charge is -2.20. The van der Waals surface area contributed by atoms with E-state index in [1.54, 1.807) is 29.2 Å². The standard InChI is InChI=1S/C14H18ClN3O/c1-3-18(4-2)14(19)9-13(10-16)17-12-7-5-11(15)6-8-12/h5-8,13,17H,3-4,9H2,1-2H3. The molecule has 1 aromatic rings. The summed E-state index contributed by atoms with van der Waals surface area (Å²) in [5.74, 6) is -0.0157. The Bertz CT molecular complexity index is 449. The van der Waals surface area contributed by atoms with Gasteiger partial charge in [0, 0.05) is 23.8 Å². The van der Waals surface area contributed by atoms with E-state index in [0.29, 0.717) is 18.1 Å². The van der Waals surface area contributed by atoms with Crippen LogP contribution in [0.1, 0.15) is 20.3 Å². The minimum absolute atomic E-state index is 0.0157. The zero-order valence-corrected chi connectivity index (χ0v) is 11.9. The number of carbonyl (C=O) groups is 1. The molecule has 0 heterocycles. The number of hydrogen-bond acceptors (Lipinski definition) is 3. The van der Waals surface area contributed by atoms with Crippen LogP contribution in [0.2, 0.25) is 5.02 Å². The Kier molecular flexibility index (Phi) is 6.17. The highest BCUT2D eigenvalue weighted by atomic mass is 35.5. The van der Waals surface area contributed by atoms with Crippen LogP contribution < -0.4 is 5.32 Å². The number of anilines is 1. The molecule has 0 spiro atoms. The Morgan fingerprint density at radius 1 is 1.37 bits per heavy atom. The molecule has 102 valence electrons. The van der Waals surface area contributed by atoms with Crippen molar-refractivity contribution in [1.29, 1.82) is 5.26 Å². The predicted molar refractivity (Wildman–Crippen MR) is 77.0 cm³/mol. The Hall–Kier alpha value is -1.73. The third-order valence-electron chi connectivity index (χ3n) is 2.84. The Balaban J connectivity index is 2.62. The van der Waals surface area contributed by atoms with Crippen LogP contribution in [0, 0.1) is 11.3 Å². The van der Waals surface area contributed by atoms with Gasteiger partial charge in [0.25, 0.3) is 0 Å². The van der Waals surface area contributed by atoms with Crippen LogP contribution in [-0.2, 0) is 4.79 Å². The second-order valence-corrected chi connectivity index (χ2v) is 4.54. The molecule has 0 saturated carbocycles. The molecule has 1 rings (SSSR count). The first-order chi connectivity index (χ1) is 9.10. The quantitative estimate of drug-likeness (QED) is 0.871. The fourth-order valence-corrected chi connectivity index (χ4v) is 1.88. The van der Waals surface area contributed by atoms with Crippen LogP contribution in [0.5, 0.6) is 0 Å². The lowest BCUT2D eigenvalue weighted by molar-refractivity contribution is -0.130. The van der Waals surface area contributed by atoms with E-state index in [9.17, 15) is 4.79 Å². The minimum Gasteiger partial charge on any atom is -0.369 e. The molecule has 0 aliphatic rings. The molecular weight excluding hydrogens is 262 g/mol. The van der Waals surface area contributed by atoms with Crippen molar-refractivity contribution < 1.29 is 4.79 Å². The first-order valence-electron chi connectivity index (χ1n) is 6.30. The van der Waals surface area contributed by atoms with Crippen LogP contribution in [0.4, 0.5) is 5.69 Å². The summed E-state index contributed by atoms with van der Waals surface area (Å²) in [5.41, 5.74) is 0.781. The van der Waals surface area contributed by atoms with Crippen LogP contribution in [0.25, 0.3) is 0 Å². The van der Waals surface area contributed by atoms with Gasteiger partial charge in [-0.15, -0.1) is 0 Å². The van der Waals surface area contributed by atoms with Gasteiger partial charge in [0.05, 0.1) is 12.5 Å². The number of benzene rings is 1. The summed E-state index contributed by atoms with van der Waals surface area (Å²) in [4.78, 5) is 13.6. The van der Waals surface area contributed by atoms with Crippen molar-refractivity contribution in [2.45, 2.75) is 26.3 Å². The third kappa shape index (κ3) is 4.80. The predicted octanol–water partition coefficient (Wildman–Crippen LogP) is 2.90. The molecule has 1 aromatic carbocycles. The molecule has 0 radical (unpaired) electrons. The van der Waals surface area contributed by atoms with Gasteiger partial charge in [0.15, 0.2) is 0 Å². The highest BCUT2D eigenvalue weighted by Crippen LogP contribution is 2.15. The first kappa shape index (κ1) is 15.3. The normalized spacial score (nSPS) is 11.5. The molecule has 5 heteroatoms. The molecule has 4 nitrogen and oxygen atoms in total. The molecule has 1 amide bonds. The van der Waals surface area contributed by atoms with Gasteiger partial charge in [-0.05, 0) is 38.1 Å². The number of amides is 1. The molecule has 19 heavy (non-hydrogen) atoms. The monoisotopic (exact) mass is 279 g/mol. The molecule has 0 aromatic heterocycles. The van der Waals surface area contributed by atoms with Gasteiger partial charge in [-0.1, -0.05) is 11.6 Å². The molecule has 1 unspecified atom stereocenters. The summed E-state index contributed by atoms with van der Waals surface area (Å²) in [5, 5.41) is 12.8. The molecule has 0 fully saturated rings. The summed E-state index contributed by atoms with van der Waals surface area (Å²) in [6.07, 6.45) is 0.167. The SMILES string of the molecule is CCN(CC)C(=O)CC(C#N)Nc1ccc(Cl)cc1. The van der Waals surface area contributed by atoms with E-state index in [1.807, 2.05) is 13.8 Å².